The van der Waals surface area contributed by atoms with Gasteiger partial charge in [0.05, 0.1) is 0 Å². The van der Waals surface area contributed by atoms with E-state index in [0.717, 1.165) is 44.7 Å². The Labute approximate surface area is 297 Å². The molecule has 1 unspecified atom stereocenters. The van der Waals surface area contributed by atoms with Crippen molar-refractivity contribution in [3.05, 3.63) is 130 Å². The molecule has 4 aromatic rings. The maximum Gasteiger partial charge on any atom is 0.407 e. The van der Waals surface area contributed by atoms with Crippen molar-refractivity contribution in [1.82, 2.24) is 15.2 Å². The number of oxime groups is 1. The minimum absolute atomic E-state index is 0.0400. The number of fused-ring (bicyclic) bond motifs is 1. The second-order valence-corrected chi connectivity index (χ2v) is 13.0. The summed E-state index contributed by atoms with van der Waals surface area (Å²) < 4.78 is 31.1. The first kappa shape index (κ1) is 35.0. The summed E-state index contributed by atoms with van der Waals surface area (Å²) in [6.45, 7) is -3.82. The number of carboxylic acids is 1. The Bertz CT molecular complexity index is 1900. The molecule has 2 aliphatic rings. The molecule has 2 atom stereocenters. The Kier molecular flexibility index (Phi) is 10.3. The van der Waals surface area contributed by atoms with Crippen LogP contribution < -0.4 is 16.4 Å². The van der Waals surface area contributed by atoms with Gasteiger partial charge < -0.3 is 31.0 Å². The quantitative estimate of drug-likeness (QED) is 0.0667. The number of primary amides is 1. The maximum absolute atomic E-state index is 13.6. The number of aromatic nitrogens is 1. The van der Waals surface area contributed by atoms with Gasteiger partial charge >= 0.3 is 18.7 Å². The fourth-order valence-electron chi connectivity index (χ4n) is 5.84. The molecule has 0 spiro atoms. The van der Waals surface area contributed by atoms with Crippen LogP contribution >= 0.6 is 23.1 Å². The first-order valence-corrected chi connectivity index (χ1v) is 17.1. The number of alkyl halides is 2. The number of ether oxygens (including phenoxy) is 1. The van der Waals surface area contributed by atoms with E-state index < -0.39 is 65.5 Å². The van der Waals surface area contributed by atoms with Crippen molar-refractivity contribution >= 4 is 57.8 Å². The van der Waals surface area contributed by atoms with Crippen LogP contribution in [0.2, 0.25) is 0 Å². The number of benzene rings is 3. The third-order valence-electron chi connectivity index (χ3n) is 8.03. The summed E-state index contributed by atoms with van der Waals surface area (Å²) in [5, 5.41) is 20.1. The first-order valence-electron chi connectivity index (χ1n) is 15.2. The Morgan fingerprint density at radius 2 is 1.57 bits per heavy atom. The van der Waals surface area contributed by atoms with Gasteiger partial charge in [0.1, 0.15) is 35.0 Å². The summed E-state index contributed by atoms with van der Waals surface area (Å²) in [4.78, 5) is 59.6. The number of carbonyl (C=O) groups is 4. The number of halogens is 2. The molecule has 2 aliphatic heterocycles. The van der Waals surface area contributed by atoms with Crippen molar-refractivity contribution in [1.29, 1.82) is 0 Å². The number of β-lactam (4-membered cyclic amide) rings is 1. The third-order valence-corrected chi connectivity index (χ3v) is 10.1. The molecule has 5 N–H and O–H groups in total. The molecular formula is C34H28F2N6O7S2. The number of nitrogens with one attached hydrogen (secondary N) is 2. The van der Waals surface area contributed by atoms with Crippen molar-refractivity contribution in [2.24, 2.45) is 10.9 Å². The standard InChI is InChI=1S/C34H28F2N6O7S2/c35-31(36)49-41-24(27(43)39-25-28(44)42-26(30(45)46)19(16-48-32(37)47)17-50-29(25)42)23-18-51-33(38-23)40-34(20-10-4-1-5-11-20,21-12-6-2-7-13-21)22-14-8-3-9-15-22/h1-15,18,25,29,31H,16-17H2,(H2,37,47)(H,38,40)(H,39,43)(H,45,46)/t25?,29-/m0/s1. The molecule has 1 aromatic heterocycles. The van der Waals surface area contributed by atoms with Crippen molar-refractivity contribution in [3.8, 4) is 0 Å². The Morgan fingerprint density at radius 3 is 2.08 bits per heavy atom. The van der Waals surface area contributed by atoms with E-state index in [1.807, 2.05) is 91.0 Å². The fourth-order valence-corrected chi connectivity index (χ4v) is 7.92. The van der Waals surface area contributed by atoms with E-state index >= 15 is 0 Å². The largest absolute Gasteiger partial charge is 0.477 e. The van der Waals surface area contributed by atoms with Crippen LogP contribution in [0, 0.1) is 0 Å². The lowest BCUT2D eigenvalue weighted by Crippen LogP contribution is -2.71. The molecule has 0 radical (unpaired) electrons. The van der Waals surface area contributed by atoms with Crippen LogP contribution in [-0.4, -0.2) is 75.0 Å². The van der Waals surface area contributed by atoms with Crippen LogP contribution in [0.4, 0.5) is 18.7 Å². The monoisotopic (exact) mass is 734 g/mol. The Hall–Kier alpha value is -5.81. The molecule has 0 bridgehead atoms. The summed E-state index contributed by atoms with van der Waals surface area (Å²) in [6.07, 6.45) is -1.12. The number of thioether (sulfide) groups is 1. The van der Waals surface area contributed by atoms with Crippen molar-refractivity contribution in [3.63, 3.8) is 0 Å². The number of amides is 3. The normalized spacial score (nSPS) is 17.4. The van der Waals surface area contributed by atoms with Crippen molar-refractivity contribution < 1.29 is 42.6 Å². The zero-order chi connectivity index (χ0) is 36.1. The summed E-state index contributed by atoms with van der Waals surface area (Å²) in [5.74, 6) is -3.26. The molecule has 0 saturated carbocycles. The number of hydrogen-bond acceptors (Lipinski definition) is 11. The van der Waals surface area contributed by atoms with Crippen LogP contribution in [0.15, 0.2) is 113 Å². The van der Waals surface area contributed by atoms with E-state index in [-0.39, 0.29) is 17.0 Å². The number of anilines is 1. The van der Waals surface area contributed by atoms with Gasteiger partial charge in [0.15, 0.2) is 10.8 Å². The highest BCUT2D eigenvalue weighted by Gasteiger charge is 2.54. The number of thiazole rings is 1. The van der Waals surface area contributed by atoms with Crippen LogP contribution in [0.1, 0.15) is 22.4 Å². The second kappa shape index (κ2) is 15.0. The van der Waals surface area contributed by atoms with E-state index in [1.54, 1.807) is 0 Å². The molecule has 13 nitrogen and oxygen atoms in total. The smallest absolute Gasteiger partial charge is 0.407 e. The number of hydrogen-bond donors (Lipinski definition) is 4. The molecule has 0 aliphatic carbocycles. The highest BCUT2D eigenvalue weighted by Crippen LogP contribution is 2.42. The van der Waals surface area contributed by atoms with Crippen LogP contribution in [0.3, 0.4) is 0 Å². The zero-order valence-corrected chi connectivity index (χ0v) is 27.9. The molecule has 6 rings (SSSR count). The highest BCUT2D eigenvalue weighted by atomic mass is 32.2. The Balaban J connectivity index is 1.30. The topological polar surface area (TPSA) is 186 Å². The predicted molar refractivity (Wildman–Crippen MR) is 184 cm³/mol. The summed E-state index contributed by atoms with van der Waals surface area (Å²) >= 11 is 2.19. The number of rotatable bonds is 13. The molecule has 1 fully saturated rings. The lowest BCUT2D eigenvalue weighted by molar-refractivity contribution is -0.150. The van der Waals surface area contributed by atoms with Crippen molar-refractivity contribution in [2.75, 3.05) is 17.7 Å². The second-order valence-electron chi connectivity index (χ2n) is 11.0. The van der Waals surface area contributed by atoms with E-state index in [4.69, 9.17) is 10.5 Å². The minimum atomic E-state index is -3.37. The van der Waals surface area contributed by atoms with Crippen LogP contribution in [-0.2, 0) is 29.5 Å². The van der Waals surface area contributed by atoms with E-state index in [2.05, 4.69) is 25.6 Å². The van der Waals surface area contributed by atoms with E-state index in [0.29, 0.717) is 5.13 Å². The van der Waals surface area contributed by atoms with E-state index in [9.17, 15) is 33.1 Å². The Morgan fingerprint density at radius 1 is 1.00 bits per heavy atom. The number of nitrogens with zero attached hydrogens (tertiary/aromatic N) is 3. The number of nitrogens with two attached hydrogens (primary N) is 1. The van der Waals surface area contributed by atoms with Gasteiger partial charge in [-0.05, 0) is 16.7 Å². The van der Waals surface area contributed by atoms with Gasteiger partial charge in [0.25, 0.3) is 11.8 Å². The minimum Gasteiger partial charge on any atom is -0.477 e. The number of aliphatic carboxylic acids is 1. The average Bonchev–Trinajstić information content (AvgIpc) is 3.60. The van der Waals surface area contributed by atoms with Crippen LogP contribution in [0.5, 0.6) is 0 Å². The van der Waals surface area contributed by atoms with Gasteiger partial charge in [-0.15, -0.1) is 23.1 Å². The highest BCUT2D eigenvalue weighted by molar-refractivity contribution is 8.00. The molecule has 3 heterocycles. The van der Waals surface area contributed by atoms with Gasteiger partial charge in [-0.1, -0.05) is 96.2 Å². The lowest BCUT2D eigenvalue weighted by Gasteiger charge is -2.49. The first-order chi connectivity index (χ1) is 24.6. The predicted octanol–water partition coefficient (Wildman–Crippen LogP) is 4.32. The fraction of sp³-hybridized carbons (Fsp3) is 0.176. The van der Waals surface area contributed by atoms with Gasteiger partial charge in [-0.3, -0.25) is 14.5 Å². The molecule has 17 heteroatoms. The zero-order valence-electron chi connectivity index (χ0n) is 26.3. The average molecular weight is 735 g/mol. The van der Waals surface area contributed by atoms with Gasteiger partial charge in [0, 0.05) is 16.7 Å². The number of carbonyl (C=O) groups excluding carboxylic acids is 3. The number of carboxylic acid groups (broad SMARTS) is 1. The molecular weight excluding hydrogens is 707 g/mol. The van der Waals surface area contributed by atoms with Crippen LogP contribution in [0.25, 0.3) is 0 Å². The van der Waals surface area contributed by atoms with Crippen molar-refractivity contribution in [2.45, 2.75) is 23.6 Å². The summed E-state index contributed by atoms with van der Waals surface area (Å²) in [5.41, 5.74) is 5.57. The SMILES string of the molecule is NC(=O)OCC1=C(C(=O)O)N2C(=O)C(NC(=O)C(=NOC(F)F)c3csc(NC(c4ccccc4)(c4ccccc4)c4ccccc4)n3)[C@@H]2SC1. The molecule has 3 aromatic carbocycles. The summed E-state index contributed by atoms with van der Waals surface area (Å²) in [6, 6.07) is 27.6. The maximum atomic E-state index is 13.6. The molecule has 51 heavy (non-hydrogen) atoms. The third kappa shape index (κ3) is 7.11. The van der Waals surface area contributed by atoms with E-state index in [1.165, 1.54) is 5.38 Å². The molecule has 262 valence electrons. The molecule has 3 amide bonds. The summed E-state index contributed by atoms with van der Waals surface area (Å²) in [7, 11) is 0. The lowest BCUT2D eigenvalue weighted by atomic mass is 9.77. The van der Waals surface area contributed by atoms with Gasteiger partial charge in [-0.2, -0.15) is 8.78 Å². The van der Waals surface area contributed by atoms with Gasteiger partial charge in [-0.25, -0.2) is 14.6 Å². The molecule has 1 saturated heterocycles. The van der Waals surface area contributed by atoms with Gasteiger partial charge in [0.2, 0.25) is 0 Å².